The van der Waals surface area contributed by atoms with Crippen LogP contribution in [0.15, 0.2) is 22.8 Å². The molecule has 0 unspecified atom stereocenters. The van der Waals surface area contributed by atoms with Crippen molar-refractivity contribution in [2.45, 2.75) is 33.3 Å². The Balaban J connectivity index is 2.72. The molecular formula is C19H24BrNO5. The number of carbonyl (C=O) groups is 1. The molecular weight excluding hydrogens is 402 g/mol. The molecule has 0 atom stereocenters. The van der Waals surface area contributed by atoms with Crippen LogP contribution in [0, 0.1) is 6.92 Å². The number of nitrogens with zero attached hydrogens (tertiary/aromatic N) is 1. The Labute approximate surface area is 162 Å². The van der Waals surface area contributed by atoms with E-state index in [0.717, 1.165) is 15.6 Å². The fourth-order valence-corrected chi connectivity index (χ4v) is 3.10. The number of benzene rings is 1. The fraction of sp³-hybridized carbons (Fsp3) is 0.421. The number of ether oxygens (including phenoxy) is 4. The van der Waals surface area contributed by atoms with Crippen molar-refractivity contribution in [3.63, 3.8) is 0 Å². The van der Waals surface area contributed by atoms with Gasteiger partial charge in [-0.2, -0.15) is 0 Å². The molecule has 1 aromatic heterocycles. The van der Waals surface area contributed by atoms with E-state index in [2.05, 4.69) is 15.9 Å². The van der Waals surface area contributed by atoms with Crippen LogP contribution < -0.4 is 14.2 Å². The topological polar surface area (TPSA) is 58.9 Å². The fourth-order valence-electron chi connectivity index (χ4n) is 2.68. The largest absolute Gasteiger partial charge is 0.493 e. The number of methoxy groups -OCH3 is 3. The average molecular weight is 426 g/mol. The van der Waals surface area contributed by atoms with Gasteiger partial charge in [0.2, 0.25) is 5.75 Å². The summed E-state index contributed by atoms with van der Waals surface area (Å²) in [5, 5.41) is 0. The van der Waals surface area contributed by atoms with Gasteiger partial charge >= 0.3 is 6.09 Å². The van der Waals surface area contributed by atoms with Crippen LogP contribution in [0.4, 0.5) is 4.79 Å². The first-order valence-corrected chi connectivity index (χ1v) is 8.83. The van der Waals surface area contributed by atoms with Crippen molar-refractivity contribution in [1.82, 2.24) is 4.57 Å². The molecule has 6 nitrogen and oxygen atoms in total. The van der Waals surface area contributed by atoms with E-state index in [1.54, 1.807) is 27.5 Å². The van der Waals surface area contributed by atoms with Gasteiger partial charge in [-0.15, -0.1) is 0 Å². The summed E-state index contributed by atoms with van der Waals surface area (Å²) in [5.74, 6) is 1.50. The van der Waals surface area contributed by atoms with Crippen LogP contribution in [-0.4, -0.2) is 37.6 Å². The number of aryl methyl sites for hydroxylation is 1. The highest BCUT2D eigenvalue weighted by Crippen LogP contribution is 2.47. The van der Waals surface area contributed by atoms with Crippen LogP contribution in [0.1, 0.15) is 26.3 Å². The van der Waals surface area contributed by atoms with Gasteiger partial charge in [0, 0.05) is 16.2 Å². The monoisotopic (exact) mass is 425 g/mol. The highest BCUT2D eigenvalue weighted by Gasteiger charge is 2.26. The SMILES string of the molecule is COc1cc(C)c(-c2cc(Br)cn2C(=O)OC(C)(C)C)c(OC)c1OC. The summed E-state index contributed by atoms with van der Waals surface area (Å²) in [5.41, 5.74) is 1.61. The van der Waals surface area contributed by atoms with E-state index < -0.39 is 11.7 Å². The molecule has 0 bridgehead atoms. The number of hydrogen-bond donors (Lipinski definition) is 0. The van der Waals surface area contributed by atoms with E-state index in [9.17, 15) is 4.79 Å². The van der Waals surface area contributed by atoms with Crippen LogP contribution in [0.3, 0.4) is 0 Å². The molecule has 2 rings (SSSR count). The Hall–Kier alpha value is -2.15. The highest BCUT2D eigenvalue weighted by molar-refractivity contribution is 9.10. The van der Waals surface area contributed by atoms with Crippen LogP contribution in [0.2, 0.25) is 0 Å². The van der Waals surface area contributed by atoms with Crippen molar-refractivity contribution in [2.75, 3.05) is 21.3 Å². The van der Waals surface area contributed by atoms with Crippen molar-refractivity contribution in [3.8, 4) is 28.5 Å². The number of halogens is 1. The van der Waals surface area contributed by atoms with Gasteiger partial charge in [-0.25, -0.2) is 4.79 Å². The Morgan fingerprint density at radius 3 is 2.15 bits per heavy atom. The molecule has 0 radical (unpaired) electrons. The summed E-state index contributed by atoms with van der Waals surface area (Å²) in [6.45, 7) is 7.39. The zero-order chi connectivity index (χ0) is 19.6. The van der Waals surface area contributed by atoms with Crippen molar-refractivity contribution in [2.24, 2.45) is 0 Å². The number of rotatable bonds is 4. The van der Waals surface area contributed by atoms with Crippen molar-refractivity contribution in [3.05, 3.63) is 28.4 Å². The average Bonchev–Trinajstić information content (AvgIpc) is 2.93. The lowest BCUT2D eigenvalue weighted by Crippen LogP contribution is -2.27. The maximum atomic E-state index is 12.7. The first kappa shape index (κ1) is 20.2. The maximum Gasteiger partial charge on any atom is 0.419 e. The van der Waals surface area contributed by atoms with Gasteiger partial charge in [-0.3, -0.25) is 4.57 Å². The van der Waals surface area contributed by atoms with Gasteiger partial charge in [0.05, 0.1) is 27.0 Å². The van der Waals surface area contributed by atoms with Crippen LogP contribution in [0.25, 0.3) is 11.3 Å². The minimum absolute atomic E-state index is 0.462. The molecule has 0 spiro atoms. The molecule has 0 fully saturated rings. The molecule has 142 valence electrons. The van der Waals surface area contributed by atoms with Crippen molar-refractivity contribution < 1.29 is 23.7 Å². The normalized spacial score (nSPS) is 11.2. The Bertz CT molecular complexity index is 820. The summed E-state index contributed by atoms with van der Waals surface area (Å²) < 4.78 is 24.2. The van der Waals surface area contributed by atoms with Crippen molar-refractivity contribution >= 4 is 22.0 Å². The number of hydrogen-bond acceptors (Lipinski definition) is 5. The second-order valence-corrected chi connectivity index (χ2v) is 7.65. The molecule has 0 saturated carbocycles. The standard InChI is InChI=1S/C19H24BrNO5/c1-11-8-14(23-5)16(24-6)17(25-7)15(11)13-9-12(20)10-21(13)18(22)26-19(2,3)4/h8-10H,1-7H3. The lowest BCUT2D eigenvalue weighted by Gasteiger charge is -2.22. The minimum Gasteiger partial charge on any atom is -0.493 e. The van der Waals surface area contributed by atoms with Gasteiger partial charge in [-0.05, 0) is 61.3 Å². The summed E-state index contributed by atoms with van der Waals surface area (Å²) in [6.07, 6.45) is 1.19. The Kier molecular flexibility index (Phi) is 5.91. The minimum atomic E-state index is -0.609. The van der Waals surface area contributed by atoms with Gasteiger partial charge in [0.15, 0.2) is 11.5 Å². The van der Waals surface area contributed by atoms with E-state index >= 15 is 0 Å². The summed E-state index contributed by atoms with van der Waals surface area (Å²) in [4.78, 5) is 12.7. The van der Waals surface area contributed by atoms with Gasteiger partial charge in [0.25, 0.3) is 0 Å². The highest BCUT2D eigenvalue weighted by atomic mass is 79.9. The predicted octanol–water partition coefficient (Wildman–Crippen LogP) is 5.04. The van der Waals surface area contributed by atoms with E-state index in [1.165, 1.54) is 4.57 Å². The molecule has 7 heteroatoms. The van der Waals surface area contributed by atoms with E-state index in [0.29, 0.717) is 22.9 Å². The van der Waals surface area contributed by atoms with Crippen LogP contribution in [-0.2, 0) is 4.74 Å². The second-order valence-electron chi connectivity index (χ2n) is 6.73. The molecule has 0 N–H and O–H groups in total. The first-order valence-electron chi connectivity index (χ1n) is 8.04. The van der Waals surface area contributed by atoms with E-state index in [-0.39, 0.29) is 0 Å². The van der Waals surface area contributed by atoms with Gasteiger partial charge in [-0.1, -0.05) is 0 Å². The third-order valence-corrected chi connectivity index (χ3v) is 4.09. The van der Waals surface area contributed by atoms with Crippen molar-refractivity contribution in [1.29, 1.82) is 0 Å². The lowest BCUT2D eigenvalue weighted by atomic mass is 10.0. The second kappa shape index (κ2) is 7.61. The molecule has 0 aliphatic carbocycles. The molecule has 1 aromatic carbocycles. The molecule has 0 aliphatic heterocycles. The molecule has 1 heterocycles. The third-order valence-electron chi connectivity index (χ3n) is 3.66. The zero-order valence-electron chi connectivity index (χ0n) is 16.1. The molecule has 0 amide bonds. The number of carbonyl (C=O) groups excluding carboxylic acids is 1. The lowest BCUT2D eigenvalue weighted by molar-refractivity contribution is 0.0540. The molecule has 0 aliphatic rings. The van der Waals surface area contributed by atoms with Gasteiger partial charge < -0.3 is 18.9 Å². The van der Waals surface area contributed by atoms with Crippen LogP contribution in [0.5, 0.6) is 17.2 Å². The van der Waals surface area contributed by atoms with Gasteiger partial charge in [0.1, 0.15) is 5.60 Å². The quantitative estimate of drug-likeness (QED) is 0.686. The van der Waals surface area contributed by atoms with E-state index in [4.69, 9.17) is 18.9 Å². The van der Waals surface area contributed by atoms with Crippen LogP contribution >= 0.6 is 15.9 Å². The molecule has 26 heavy (non-hydrogen) atoms. The summed E-state index contributed by atoms with van der Waals surface area (Å²) >= 11 is 3.44. The predicted molar refractivity (Wildman–Crippen MR) is 104 cm³/mol. The molecule has 2 aromatic rings. The van der Waals surface area contributed by atoms with E-state index in [1.807, 2.05) is 39.8 Å². The number of aromatic nitrogens is 1. The summed E-state index contributed by atoms with van der Waals surface area (Å²) in [6, 6.07) is 3.68. The maximum absolute atomic E-state index is 12.7. The third kappa shape index (κ3) is 3.98. The molecule has 0 saturated heterocycles. The summed E-state index contributed by atoms with van der Waals surface area (Å²) in [7, 11) is 4.66. The smallest absolute Gasteiger partial charge is 0.419 e. The zero-order valence-corrected chi connectivity index (χ0v) is 17.7. The Morgan fingerprint density at radius 1 is 1.04 bits per heavy atom. The Morgan fingerprint density at radius 2 is 1.65 bits per heavy atom. The first-order chi connectivity index (χ1) is 12.1.